The molecule has 4 fully saturated rings. The van der Waals surface area contributed by atoms with E-state index in [1.807, 2.05) is 39.5 Å². The van der Waals surface area contributed by atoms with Crippen LogP contribution in [0.5, 0.6) is 0 Å². The van der Waals surface area contributed by atoms with Gasteiger partial charge in [-0.2, -0.15) is 0 Å². The van der Waals surface area contributed by atoms with Gasteiger partial charge in [-0.25, -0.2) is 0 Å². The molecule has 0 aromatic heterocycles. The number of aliphatic hydroxyl groups is 3. The third-order valence-corrected chi connectivity index (χ3v) is 13.9. The molecule has 3 N–H and O–H groups in total. The van der Waals surface area contributed by atoms with Crippen LogP contribution in [0.15, 0.2) is 24.3 Å². The summed E-state index contributed by atoms with van der Waals surface area (Å²) in [4.78, 5) is 30.6. The zero-order valence-electron chi connectivity index (χ0n) is 34.3. The summed E-state index contributed by atoms with van der Waals surface area (Å²) in [7, 11) is 0. The Hall–Kier alpha value is -1.78. The maximum atomic E-state index is 13.5. The highest BCUT2D eigenvalue weighted by Crippen LogP contribution is 2.58. The minimum absolute atomic E-state index is 0.0618. The van der Waals surface area contributed by atoms with E-state index in [0.29, 0.717) is 18.9 Å². The number of hydrogen-bond acceptors (Lipinski definition) is 7. The first-order valence-electron chi connectivity index (χ1n) is 20.5. The van der Waals surface area contributed by atoms with Gasteiger partial charge < -0.3 is 34.6 Å². The standard InChI is InChI=1S/C22H37NO3.C21H35NO4/c1-7-11-17-18(24)23-19(20(3,4)5)26-14-22(23,21(17,6)25)15(2)16-12-9-8-10-13-16;1-6-10-15-17(24)22-18(19(2,3)4)26-13-21(22,20(15,5)25)16(23)14-11-8-7-9-12-14/h9,12,15-17,19,25H,7-8,10-11,13-14H2,1-6H3;8,11,14-16,18,23,25H,6-7,9-10,12-13H2,1-5H3/t15-,16-,17+,19+,21+,22-;14-,15+,16-,18+,20+,21-/m11/s1. The Morgan fingerprint density at radius 3 is 1.56 bits per heavy atom. The number of ether oxygens (including phenoxy) is 2. The molecule has 0 unspecified atom stereocenters. The van der Waals surface area contributed by atoms with E-state index in [1.54, 1.807) is 11.8 Å². The van der Waals surface area contributed by atoms with Crippen molar-refractivity contribution in [3.8, 4) is 0 Å². The van der Waals surface area contributed by atoms with E-state index < -0.39 is 40.5 Å². The number of aliphatic hydroxyl groups excluding tert-OH is 1. The molecule has 0 aromatic carbocycles. The van der Waals surface area contributed by atoms with Gasteiger partial charge in [0, 0.05) is 16.7 Å². The summed E-state index contributed by atoms with van der Waals surface area (Å²) in [6, 6.07) is 0. The van der Waals surface area contributed by atoms with Gasteiger partial charge in [-0.3, -0.25) is 9.59 Å². The first kappa shape index (κ1) is 41.4. The van der Waals surface area contributed by atoms with Crippen LogP contribution < -0.4 is 0 Å². The van der Waals surface area contributed by atoms with Gasteiger partial charge in [0.15, 0.2) is 0 Å². The van der Waals surface area contributed by atoms with E-state index in [2.05, 4.69) is 58.9 Å². The molecule has 2 aliphatic carbocycles. The van der Waals surface area contributed by atoms with Crippen molar-refractivity contribution in [3.05, 3.63) is 24.3 Å². The molecular weight excluding hydrogens is 656 g/mol. The number of carbonyl (C=O) groups excluding carboxylic acids is 2. The molecule has 9 heteroatoms. The first-order valence-corrected chi connectivity index (χ1v) is 20.5. The average Bonchev–Trinajstić information content (AvgIpc) is 3.79. The third-order valence-electron chi connectivity index (χ3n) is 13.9. The van der Waals surface area contributed by atoms with Crippen LogP contribution in [-0.2, 0) is 19.1 Å². The molecule has 2 amide bonds. The lowest BCUT2D eigenvalue weighted by Crippen LogP contribution is -2.67. The number of nitrogens with zero attached hydrogens (tertiary/aromatic N) is 2. The monoisotopic (exact) mass is 729 g/mol. The smallest absolute Gasteiger partial charge is 0.231 e. The molecule has 4 heterocycles. The second-order valence-corrected chi connectivity index (χ2v) is 19.6. The van der Waals surface area contributed by atoms with Gasteiger partial charge in [0.1, 0.15) is 29.1 Å². The van der Waals surface area contributed by atoms with Crippen molar-refractivity contribution in [3.63, 3.8) is 0 Å². The van der Waals surface area contributed by atoms with Crippen LogP contribution in [0.3, 0.4) is 0 Å². The van der Waals surface area contributed by atoms with Gasteiger partial charge in [0.25, 0.3) is 0 Å². The first-order chi connectivity index (χ1) is 24.2. The minimum atomic E-state index is -1.33. The van der Waals surface area contributed by atoms with Gasteiger partial charge in [-0.15, -0.1) is 0 Å². The van der Waals surface area contributed by atoms with E-state index in [1.165, 1.54) is 6.42 Å². The summed E-state index contributed by atoms with van der Waals surface area (Å²) in [5.41, 5.74) is -4.62. The summed E-state index contributed by atoms with van der Waals surface area (Å²) >= 11 is 0. The number of fused-ring (bicyclic) bond motifs is 2. The number of carbonyl (C=O) groups is 2. The molecule has 0 saturated carbocycles. The Morgan fingerprint density at radius 1 is 0.750 bits per heavy atom. The van der Waals surface area contributed by atoms with Crippen LogP contribution in [0.4, 0.5) is 0 Å². The molecule has 4 saturated heterocycles. The van der Waals surface area contributed by atoms with E-state index >= 15 is 0 Å². The maximum absolute atomic E-state index is 13.5. The molecule has 52 heavy (non-hydrogen) atoms. The molecule has 0 spiro atoms. The molecule has 0 bridgehead atoms. The van der Waals surface area contributed by atoms with Gasteiger partial charge in [0.05, 0.1) is 36.8 Å². The second kappa shape index (κ2) is 14.7. The topological polar surface area (TPSA) is 120 Å². The largest absolute Gasteiger partial charge is 0.390 e. The summed E-state index contributed by atoms with van der Waals surface area (Å²) < 4.78 is 12.3. The fraction of sp³-hybridized carbons (Fsp3) is 0.860. The van der Waals surface area contributed by atoms with Crippen molar-refractivity contribution in [1.29, 1.82) is 0 Å². The van der Waals surface area contributed by atoms with Gasteiger partial charge in [0.2, 0.25) is 11.8 Å². The second-order valence-electron chi connectivity index (χ2n) is 19.6. The molecule has 296 valence electrons. The minimum Gasteiger partial charge on any atom is -0.390 e. The zero-order valence-corrected chi connectivity index (χ0v) is 34.3. The van der Waals surface area contributed by atoms with Crippen LogP contribution in [0, 0.1) is 40.4 Å². The van der Waals surface area contributed by atoms with E-state index in [9.17, 15) is 24.9 Å². The van der Waals surface area contributed by atoms with E-state index in [0.717, 1.165) is 51.4 Å². The number of allylic oxidation sites excluding steroid dienone is 3. The van der Waals surface area contributed by atoms with Crippen molar-refractivity contribution in [1.82, 2.24) is 9.80 Å². The number of amides is 2. The number of hydrogen-bond donors (Lipinski definition) is 3. The molecule has 0 radical (unpaired) electrons. The fourth-order valence-corrected chi connectivity index (χ4v) is 11.0. The quantitative estimate of drug-likeness (QED) is 0.231. The zero-order chi connectivity index (χ0) is 38.7. The van der Waals surface area contributed by atoms with Crippen LogP contribution >= 0.6 is 0 Å². The molecule has 0 aromatic rings. The van der Waals surface area contributed by atoms with Gasteiger partial charge >= 0.3 is 0 Å². The average molecular weight is 729 g/mol. The lowest BCUT2D eigenvalue weighted by atomic mass is 9.64. The number of rotatable bonds is 8. The highest BCUT2D eigenvalue weighted by Gasteiger charge is 2.75. The Morgan fingerprint density at radius 2 is 1.15 bits per heavy atom. The lowest BCUT2D eigenvalue weighted by molar-refractivity contribution is -0.149. The predicted octanol–water partition coefficient (Wildman–Crippen LogP) is 6.98. The predicted molar refractivity (Wildman–Crippen MR) is 204 cm³/mol. The van der Waals surface area contributed by atoms with Crippen molar-refractivity contribution in [2.45, 2.75) is 181 Å². The Kier molecular flexibility index (Phi) is 11.7. The third kappa shape index (κ3) is 6.34. The summed E-state index contributed by atoms with van der Waals surface area (Å²) in [6.45, 7) is 23.0. The van der Waals surface area contributed by atoms with Crippen molar-refractivity contribution in [2.24, 2.45) is 40.4 Å². The lowest BCUT2D eigenvalue weighted by Gasteiger charge is -2.49. The fourth-order valence-electron chi connectivity index (χ4n) is 11.0. The molecule has 12 atom stereocenters. The van der Waals surface area contributed by atoms with Crippen molar-refractivity contribution in [2.75, 3.05) is 13.2 Å². The van der Waals surface area contributed by atoms with E-state index in [4.69, 9.17) is 9.47 Å². The van der Waals surface area contributed by atoms with Gasteiger partial charge in [-0.05, 0) is 77.0 Å². The molecule has 6 rings (SSSR count). The van der Waals surface area contributed by atoms with E-state index in [-0.39, 0.29) is 53.2 Å². The van der Waals surface area contributed by atoms with Crippen LogP contribution in [0.2, 0.25) is 0 Å². The van der Waals surface area contributed by atoms with Crippen molar-refractivity contribution < 1.29 is 34.4 Å². The highest BCUT2D eigenvalue weighted by molar-refractivity contribution is 5.86. The van der Waals surface area contributed by atoms with Crippen LogP contribution in [0.25, 0.3) is 0 Å². The Bertz CT molecular complexity index is 1260. The molecular formula is C43H72N2O7. The SMILES string of the molecule is CCC[C@H]1C(=O)N2[C@H](C(C)(C)C)OC[C@@]2([C@H](C)[C@@H]2C=CCCC2)[C@@]1(C)O.CCC[C@H]1C(=O)N2[C@H](C(C)(C)C)OC[C@@]2([C@H](O)[C@@H]2C=CCCC2)[C@@]1(C)O. The van der Waals surface area contributed by atoms with Gasteiger partial charge in [-0.1, -0.05) is 99.5 Å². The molecule has 4 aliphatic heterocycles. The highest BCUT2D eigenvalue weighted by atomic mass is 16.5. The van der Waals surface area contributed by atoms with Crippen molar-refractivity contribution >= 4 is 11.8 Å². The normalized spacial score (nSPS) is 41.6. The maximum Gasteiger partial charge on any atom is 0.231 e. The van der Waals surface area contributed by atoms with Crippen LogP contribution in [-0.4, -0.2) is 91.0 Å². The summed E-state index contributed by atoms with van der Waals surface area (Å²) in [5, 5.41) is 34.9. The Balaban J connectivity index is 0.000000201. The van der Waals surface area contributed by atoms with Crippen LogP contribution in [0.1, 0.15) is 140 Å². The summed E-state index contributed by atoms with van der Waals surface area (Å²) in [6.07, 6.45) is 16.6. The summed E-state index contributed by atoms with van der Waals surface area (Å²) in [5.74, 6) is -0.345. The molecule has 6 aliphatic rings. The molecule has 9 nitrogen and oxygen atoms in total. The Labute approximate surface area is 314 Å².